The maximum absolute atomic E-state index is 13.6. The van der Waals surface area contributed by atoms with E-state index in [0.29, 0.717) is 6.42 Å². The van der Waals surface area contributed by atoms with Gasteiger partial charge in [-0.2, -0.15) is 5.10 Å². The summed E-state index contributed by atoms with van der Waals surface area (Å²) in [6.45, 7) is 5.28. The fourth-order valence-electron chi connectivity index (χ4n) is 2.24. The Balaban J connectivity index is 2.26. The van der Waals surface area contributed by atoms with Crippen molar-refractivity contribution in [1.82, 2.24) is 9.73 Å². The summed E-state index contributed by atoms with van der Waals surface area (Å²) in [6, 6.07) is 3.95. The van der Waals surface area contributed by atoms with Gasteiger partial charge in [-0.15, -0.1) is 0 Å². The molecule has 0 saturated carbocycles. The quantitative estimate of drug-likeness (QED) is 0.908. The van der Waals surface area contributed by atoms with Gasteiger partial charge in [0.05, 0.1) is 5.54 Å². The molecule has 1 aliphatic heterocycles. The zero-order chi connectivity index (χ0) is 15.8. The van der Waals surface area contributed by atoms with Gasteiger partial charge in [0.15, 0.2) is 0 Å². The largest absolute Gasteiger partial charge is 0.352 e. The molecule has 1 N–H and O–H groups in total. The van der Waals surface area contributed by atoms with Crippen molar-refractivity contribution in [3.63, 3.8) is 0 Å². The predicted octanol–water partition coefficient (Wildman–Crippen LogP) is 2.08. The number of rotatable bonds is 2. The highest BCUT2D eigenvalue weighted by Gasteiger charge is 2.38. The van der Waals surface area contributed by atoms with Gasteiger partial charge in [0.1, 0.15) is 10.7 Å². The van der Waals surface area contributed by atoms with E-state index in [1.165, 1.54) is 12.1 Å². The average molecular weight is 313 g/mol. The van der Waals surface area contributed by atoms with Crippen molar-refractivity contribution in [2.75, 3.05) is 0 Å². The number of nitrogens with one attached hydrogen (secondary N) is 1. The number of hydrazone groups is 1. The van der Waals surface area contributed by atoms with Crippen LogP contribution in [0.4, 0.5) is 9.18 Å². The van der Waals surface area contributed by atoms with E-state index in [-0.39, 0.29) is 0 Å². The minimum absolute atomic E-state index is 0.542. The number of benzene rings is 1. The molecule has 0 atom stereocenters. The van der Waals surface area contributed by atoms with E-state index in [2.05, 4.69) is 5.10 Å². The molecule has 0 unspecified atom stereocenters. The highest BCUT2D eigenvalue weighted by molar-refractivity contribution is 7.90. The van der Waals surface area contributed by atoms with Crippen LogP contribution in [0.1, 0.15) is 27.2 Å². The van der Waals surface area contributed by atoms with Gasteiger partial charge >= 0.3 is 6.03 Å². The summed E-state index contributed by atoms with van der Waals surface area (Å²) < 4.78 is 39.5. The smallest absolute Gasteiger partial charge is 0.245 e. The lowest BCUT2D eigenvalue weighted by molar-refractivity contribution is 0.159. The first kappa shape index (κ1) is 15.4. The molecule has 0 spiro atoms. The van der Waals surface area contributed by atoms with Crippen LogP contribution in [-0.4, -0.2) is 30.7 Å². The van der Waals surface area contributed by atoms with Crippen molar-refractivity contribution < 1.29 is 17.6 Å². The summed E-state index contributed by atoms with van der Waals surface area (Å²) >= 11 is 0. The van der Waals surface area contributed by atoms with Crippen molar-refractivity contribution in [3.05, 3.63) is 30.1 Å². The molecule has 1 aromatic carbocycles. The number of hydrogen-bond donors (Lipinski definition) is 1. The van der Waals surface area contributed by atoms with E-state index in [1.54, 1.807) is 20.8 Å². The molecular weight excluding hydrogens is 297 g/mol. The summed E-state index contributed by atoms with van der Waals surface area (Å²) in [5.74, 6) is -0.918. The second kappa shape index (κ2) is 5.10. The first-order valence-corrected chi connectivity index (χ1v) is 7.77. The summed E-state index contributed by atoms with van der Waals surface area (Å²) in [4.78, 5) is 11.5. The zero-order valence-corrected chi connectivity index (χ0v) is 12.7. The molecule has 2 amide bonds. The van der Waals surface area contributed by atoms with Crippen molar-refractivity contribution >= 4 is 21.8 Å². The van der Waals surface area contributed by atoms with Crippen LogP contribution in [0.3, 0.4) is 0 Å². The molecule has 1 aliphatic rings. The van der Waals surface area contributed by atoms with Crippen LogP contribution >= 0.6 is 0 Å². The number of sulfonamides is 1. The van der Waals surface area contributed by atoms with Gasteiger partial charge < -0.3 is 0 Å². The molecule has 0 bridgehead atoms. The number of urea groups is 1. The molecule has 0 aromatic heterocycles. The highest BCUT2D eigenvalue weighted by Crippen LogP contribution is 2.27. The molecule has 1 heterocycles. The Morgan fingerprint density at radius 3 is 2.52 bits per heavy atom. The molecule has 2 rings (SSSR count). The minimum Gasteiger partial charge on any atom is -0.245 e. The zero-order valence-electron chi connectivity index (χ0n) is 11.9. The van der Waals surface area contributed by atoms with Crippen molar-refractivity contribution in [2.24, 2.45) is 5.10 Å². The van der Waals surface area contributed by atoms with Gasteiger partial charge in [0, 0.05) is 12.1 Å². The number of nitrogens with zero attached hydrogens (tertiary/aromatic N) is 2. The molecular formula is C13H16FN3O3S. The molecule has 114 valence electrons. The standard InChI is InChI=1S/C13H16FN3O3S/c1-9-8-13(2,3)17(15-9)12(18)16-21(19,20)11-7-5-4-6-10(11)14/h4-7H,8H2,1-3H3,(H,16,18). The summed E-state index contributed by atoms with van der Waals surface area (Å²) in [7, 11) is -4.28. The molecule has 0 radical (unpaired) electrons. The second-order valence-electron chi connectivity index (χ2n) is 5.48. The first-order valence-electron chi connectivity index (χ1n) is 6.29. The maximum atomic E-state index is 13.6. The fourth-order valence-corrected chi connectivity index (χ4v) is 3.25. The van der Waals surface area contributed by atoms with Crippen molar-refractivity contribution in [1.29, 1.82) is 0 Å². The first-order chi connectivity index (χ1) is 9.63. The van der Waals surface area contributed by atoms with Crippen LogP contribution < -0.4 is 4.72 Å². The number of hydrogen-bond acceptors (Lipinski definition) is 4. The molecule has 8 heteroatoms. The lowest BCUT2D eigenvalue weighted by atomic mass is 9.99. The Morgan fingerprint density at radius 1 is 1.38 bits per heavy atom. The number of halogens is 1. The van der Waals surface area contributed by atoms with Gasteiger partial charge in [-0.05, 0) is 32.9 Å². The normalized spacial score (nSPS) is 17.5. The predicted molar refractivity (Wildman–Crippen MR) is 75.8 cm³/mol. The van der Waals surface area contributed by atoms with Crippen LogP contribution in [0.2, 0.25) is 0 Å². The minimum atomic E-state index is -4.28. The molecule has 0 aliphatic carbocycles. The topological polar surface area (TPSA) is 78.8 Å². The van der Waals surface area contributed by atoms with Gasteiger partial charge in [0.2, 0.25) is 0 Å². The third kappa shape index (κ3) is 3.05. The monoisotopic (exact) mass is 313 g/mol. The van der Waals surface area contributed by atoms with Crippen LogP contribution in [0.5, 0.6) is 0 Å². The average Bonchev–Trinajstić information content (AvgIpc) is 2.62. The van der Waals surface area contributed by atoms with Crippen molar-refractivity contribution in [3.8, 4) is 0 Å². The Morgan fingerprint density at radius 2 is 2.00 bits per heavy atom. The van der Waals surface area contributed by atoms with Crippen LogP contribution in [-0.2, 0) is 10.0 Å². The third-order valence-corrected chi connectivity index (χ3v) is 4.43. The van der Waals surface area contributed by atoms with Gasteiger partial charge in [-0.25, -0.2) is 27.3 Å². The Labute approximate surface area is 122 Å². The number of carbonyl (C=O) groups excluding carboxylic acids is 1. The molecule has 21 heavy (non-hydrogen) atoms. The van der Waals surface area contributed by atoms with E-state index in [4.69, 9.17) is 0 Å². The van der Waals surface area contributed by atoms with Gasteiger partial charge in [-0.3, -0.25) is 0 Å². The Hall–Kier alpha value is -1.96. The molecule has 0 fully saturated rings. The van der Waals surface area contributed by atoms with E-state index in [1.807, 2.05) is 4.72 Å². The summed E-state index contributed by atoms with van der Waals surface area (Å²) in [5, 5.41) is 5.09. The van der Waals surface area contributed by atoms with Gasteiger partial charge in [-0.1, -0.05) is 12.1 Å². The van der Waals surface area contributed by atoms with Crippen LogP contribution in [0, 0.1) is 5.82 Å². The molecule has 0 saturated heterocycles. The van der Waals surface area contributed by atoms with Crippen molar-refractivity contribution in [2.45, 2.75) is 37.6 Å². The summed E-state index contributed by atoms with van der Waals surface area (Å²) in [6.07, 6.45) is 0.542. The van der Waals surface area contributed by atoms with E-state index >= 15 is 0 Å². The maximum Gasteiger partial charge on any atom is 0.352 e. The Bertz CT molecular complexity index is 713. The van der Waals surface area contributed by atoms with Crippen LogP contribution in [0.25, 0.3) is 0 Å². The Kier molecular flexibility index (Phi) is 3.75. The summed E-state index contributed by atoms with van der Waals surface area (Å²) in [5.41, 5.74) is 0.0947. The van der Waals surface area contributed by atoms with Gasteiger partial charge in [0.25, 0.3) is 10.0 Å². The lowest BCUT2D eigenvalue weighted by Gasteiger charge is -2.28. The fraction of sp³-hybridized carbons (Fsp3) is 0.385. The molecule has 1 aromatic rings. The number of carbonyl (C=O) groups is 1. The highest BCUT2D eigenvalue weighted by atomic mass is 32.2. The third-order valence-electron chi connectivity index (χ3n) is 3.07. The second-order valence-corrected chi connectivity index (χ2v) is 7.13. The molecule has 6 nitrogen and oxygen atoms in total. The number of amides is 2. The van der Waals surface area contributed by atoms with E-state index < -0.39 is 32.3 Å². The SMILES string of the molecule is CC1=NN(C(=O)NS(=O)(=O)c2ccccc2F)C(C)(C)C1. The van der Waals surface area contributed by atoms with Crippen LogP contribution in [0.15, 0.2) is 34.3 Å². The van der Waals surface area contributed by atoms with E-state index in [0.717, 1.165) is 22.9 Å². The van der Waals surface area contributed by atoms with E-state index in [9.17, 15) is 17.6 Å². The lowest BCUT2D eigenvalue weighted by Crippen LogP contribution is -2.48.